The lowest BCUT2D eigenvalue weighted by Gasteiger charge is -2.41. The summed E-state index contributed by atoms with van der Waals surface area (Å²) in [4.78, 5) is 15.1. The second kappa shape index (κ2) is 7.02. The number of halogens is 1. The SMILES string of the molecule is Cc1nc(N2CCC3(CC2)CO[C@@H](C)[C@H]3N)n2ccnc2c1-c1cccc2c(F)c[nH]c12. The number of hydrogen-bond acceptors (Lipinski definition) is 5. The van der Waals surface area contributed by atoms with Gasteiger partial charge in [-0.25, -0.2) is 14.4 Å². The predicted octanol–water partition coefficient (Wildman–Crippen LogP) is 3.66. The highest BCUT2D eigenvalue weighted by molar-refractivity contribution is 5.98. The fourth-order valence-electron chi connectivity index (χ4n) is 5.56. The maximum Gasteiger partial charge on any atom is 0.211 e. The molecule has 2 aliphatic heterocycles. The van der Waals surface area contributed by atoms with Crippen LogP contribution in [0.2, 0.25) is 0 Å². The molecule has 0 radical (unpaired) electrons. The summed E-state index contributed by atoms with van der Waals surface area (Å²) in [5, 5.41) is 0.571. The van der Waals surface area contributed by atoms with Crippen LogP contribution in [0.5, 0.6) is 0 Å². The van der Waals surface area contributed by atoms with Gasteiger partial charge >= 0.3 is 0 Å². The Bertz CT molecular complexity index is 1320. The number of nitrogens with zero attached hydrogens (tertiary/aromatic N) is 4. The van der Waals surface area contributed by atoms with Crippen LogP contribution in [0, 0.1) is 18.2 Å². The Kier molecular flexibility index (Phi) is 4.32. The van der Waals surface area contributed by atoms with Crippen LogP contribution in [0.25, 0.3) is 27.7 Å². The van der Waals surface area contributed by atoms with E-state index in [1.807, 2.05) is 29.7 Å². The molecule has 1 spiro atoms. The second-order valence-electron chi connectivity index (χ2n) is 9.25. The fourth-order valence-corrected chi connectivity index (χ4v) is 5.56. The van der Waals surface area contributed by atoms with Crippen molar-refractivity contribution in [3.8, 4) is 11.1 Å². The van der Waals surface area contributed by atoms with E-state index in [1.165, 1.54) is 6.20 Å². The Balaban J connectivity index is 1.41. The van der Waals surface area contributed by atoms with Crippen molar-refractivity contribution in [3.63, 3.8) is 0 Å². The van der Waals surface area contributed by atoms with Gasteiger partial charge in [0.1, 0.15) is 11.5 Å². The number of H-pyrrole nitrogens is 1. The summed E-state index contributed by atoms with van der Waals surface area (Å²) in [5.41, 5.74) is 10.8. The van der Waals surface area contributed by atoms with Crippen molar-refractivity contribution in [2.24, 2.45) is 11.1 Å². The number of rotatable bonds is 2. The van der Waals surface area contributed by atoms with Crippen molar-refractivity contribution < 1.29 is 9.13 Å². The lowest BCUT2D eigenvalue weighted by Crippen LogP contribution is -2.51. The maximum absolute atomic E-state index is 14.2. The number of aromatic amines is 1. The van der Waals surface area contributed by atoms with Gasteiger partial charge in [-0.3, -0.25) is 4.40 Å². The van der Waals surface area contributed by atoms with Gasteiger partial charge in [0.15, 0.2) is 0 Å². The first-order valence-corrected chi connectivity index (χ1v) is 11.2. The van der Waals surface area contributed by atoms with Gasteiger partial charge in [-0.1, -0.05) is 12.1 Å². The summed E-state index contributed by atoms with van der Waals surface area (Å²) >= 11 is 0. The quantitative estimate of drug-likeness (QED) is 0.503. The molecule has 2 saturated heterocycles. The maximum atomic E-state index is 14.2. The van der Waals surface area contributed by atoms with Gasteiger partial charge in [-0.15, -0.1) is 0 Å². The largest absolute Gasteiger partial charge is 0.376 e. The normalized spacial score (nSPS) is 23.1. The Morgan fingerprint density at radius 2 is 2.09 bits per heavy atom. The van der Waals surface area contributed by atoms with Crippen molar-refractivity contribution in [3.05, 3.63) is 48.3 Å². The first kappa shape index (κ1) is 19.7. The van der Waals surface area contributed by atoms with E-state index in [0.29, 0.717) is 5.39 Å². The molecule has 0 amide bonds. The number of hydrogen-bond donors (Lipinski definition) is 2. The molecule has 0 bridgehead atoms. The van der Waals surface area contributed by atoms with Crippen LogP contribution in [0.4, 0.5) is 10.3 Å². The van der Waals surface area contributed by atoms with Crippen LogP contribution in [0.15, 0.2) is 36.8 Å². The molecular formula is C24H27FN6O. The summed E-state index contributed by atoms with van der Waals surface area (Å²) in [5.74, 6) is 0.632. The summed E-state index contributed by atoms with van der Waals surface area (Å²) in [6.07, 6.45) is 7.23. The highest BCUT2D eigenvalue weighted by Crippen LogP contribution is 2.42. The van der Waals surface area contributed by atoms with Gasteiger partial charge in [0.2, 0.25) is 5.95 Å². The van der Waals surface area contributed by atoms with Crippen molar-refractivity contribution in [2.75, 3.05) is 24.6 Å². The summed E-state index contributed by atoms with van der Waals surface area (Å²) in [6.45, 7) is 6.56. The van der Waals surface area contributed by atoms with Gasteiger partial charge in [0.05, 0.1) is 23.9 Å². The molecule has 0 saturated carbocycles. The monoisotopic (exact) mass is 434 g/mol. The first-order valence-electron chi connectivity index (χ1n) is 11.2. The third kappa shape index (κ3) is 2.72. The van der Waals surface area contributed by atoms with E-state index in [1.54, 1.807) is 12.3 Å². The van der Waals surface area contributed by atoms with E-state index in [4.69, 9.17) is 15.5 Å². The highest BCUT2D eigenvalue weighted by atomic mass is 19.1. The van der Waals surface area contributed by atoms with Gasteiger partial charge < -0.3 is 20.4 Å². The van der Waals surface area contributed by atoms with Gasteiger partial charge in [0.25, 0.3) is 0 Å². The second-order valence-corrected chi connectivity index (χ2v) is 9.25. The molecule has 32 heavy (non-hydrogen) atoms. The number of nitrogens with two attached hydrogens (primary N) is 1. The van der Waals surface area contributed by atoms with Crippen LogP contribution in [0.1, 0.15) is 25.5 Å². The molecule has 166 valence electrons. The molecule has 4 aromatic rings. The average molecular weight is 435 g/mol. The molecule has 2 atom stereocenters. The zero-order chi connectivity index (χ0) is 22.0. The third-order valence-corrected chi connectivity index (χ3v) is 7.53. The minimum Gasteiger partial charge on any atom is -0.376 e. The molecule has 7 nitrogen and oxygen atoms in total. The van der Waals surface area contributed by atoms with E-state index in [2.05, 4.69) is 21.8 Å². The Morgan fingerprint density at radius 1 is 1.28 bits per heavy atom. The number of benzene rings is 1. The molecule has 0 aliphatic carbocycles. The lowest BCUT2D eigenvalue weighted by molar-refractivity contribution is 0.0973. The number of imidazole rings is 1. The molecule has 3 aromatic heterocycles. The Morgan fingerprint density at radius 3 is 2.84 bits per heavy atom. The van der Waals surface area contributed by atoms with Crippen LogP contribution in [-0.2, 0) is 4.74 Å². The minimum atomic E-state index is -0.255. The van der Waals surface area contributed by atoms with Crippen LogP contribution < -0.4 is 10.6 Å². The molecular weight excluding hydrogens is 407 g/mol. The van der Waals surface area contributed by atoms with Crippen LogP contribution in [0.3, 0.4) is 0 Å². The third-order valence-electron chi connectivity index (χ3n) is 7.53. The van der Waals surface area contributed by atoms with E-state index >= 15 is 0 Å². The zero-order valence-corrected chi connectivity index (χ0v) is 18.3. The van der Waals surface area contributed by atoms with Crippen LogP contribution in [-0.4, -0.2) is 51.2 Å². The minimum absolute atomic E-state index is 0.0618. The summed E-state index contributed by atoms with van der Waals surface area (Å²) in [7, 11) is 0. The summed E-state index contributed by atoms with van der Waals surface area (Å²) in [6, 6.07) is 5.73. The zero-order valence-electron chi connectivity index (χ0n) is 18.3. The van der Waals surface area contributed by atoms with Gasteiger partial charge in [-0.05, 0) is 32.8 Å². The number of nitrogens with one attached hydrogen (secondary N) is 1. The first-order chi connectivity index (χ1) is 15.5. The van der Waals surface area contributed by atoms with E-state index in [9.17, 15) is 4.39 Å². The molecule has 1 aromatic carbocycles. The van der Waals surface area contributed by atoms with E-state index < -0.39 is 0 Å². The standard InChI is InChI=1S/C24H27FN6O/c1-14-19(17-5-3-4-16-18(25)12-28-20(16)17)22-27-8-11-31(22)23(29-14)30-9-6-24(7-10-30)13-32-15(2)21(24)26/h3-5,8,11-12,15,21,28H,6-7,9-10,13,26H2,1-2H3/t15-,21+/m0/s1. The number of anilines is 1. The highest BCUT2D eigenvalue weighted by Gasteiger charge is 2.47. The Hall–Kier alpha value is -2.97. The van der Waals surface area contributed by atoms with Gasteiger partial charge in [0, 0.05) is 59.7 Å². The van der Waals surface area contributed by atoms with Crippen molar-refractivity contribution in [1.29, 1.82) is 0 Å². The smallest absolute Gasteiger partial charge is 0.211 e. The van der Waals surface area contributed by atoms with Crippen LogP contribution >= 0.6 is 0 Å². The van der Waals surface area contributed by atoms with Gasteiger partial charge in [-0.2, -0.15) is 0 Å². The Labute approximate surface area is 185 Å². The molecule has 2 fully saturated rings. The number of piperidine rings is 1. The van der Waals surface area contributed by atoms with Crippen molar-refractivity contribution in [2.45, 2.75) is 38.8 Å². The van der Waals surface area contributed by atoms with E-state index in [0.717, 1.165) is 66.5 Å². The molecule has 6 rings (SSSR count). The molecule has 5 heterocycles. The molecule has 8 heteroatoms. The topological polar surface area (TPSA) is 84.5 Å². The number of aromatic nitrogens is 4. The number of para-hydroxylation sites is 1. The molecule has 3 N–H and O–H groups in total. The van der Waals surface area contributed by atoms with E-state index in [-0.39, 0.29) is 23.4 Å². The molecule has 2 aliphatic rings. The predicted molar refractivity (Wildman–Crippen MR) is 122 cm³/mol. The van der Waals surface area contributed by atoms with Crippen molar-refractivity contribution in [1.82, 2.24) is 19.4 Å². The van der Waals surface area contributed by atoms with Crippen molar-refractivity contribution >= 4 is 22.5 Å². The number of aryl methyl sites for hydroxylation is 1. The summed E-state index contributed by atoms with van der Waals surface area (Å²) < 4.78 is 22.1. The fraction of sp³-hybridized carbons (Fsp3) is 0.417. The lowest BCUT2D eigenvalue weighted by atomic mass is 9.73. The number of ether oxygens (including phenoxy) is 1. The average Bonchev–Trinajstić information content (AvgIpc) is 3.50. The number of fused-ring (bicyclic) bond motifs is 2. The molecule has 0 unspecified atom stereocenters.